The number of carboxylic acids is 2. The van der Waals surface area contributed by atoms with Crippen LogP contribution in [-0.2, 0) is 30.9 Å². The molecule has 0 aliphatic heterocycles. The maximum atomic E-state index is 9.70. The molecule has 18 heavy (non-hydrogen) atoms. The first-order valence-corrected chi connectivity index (χ1v) is 4.32. The van der Waals surface area contributed by atoms with E-state index in [2.05, 4.69) is 11.6 Å². The summed E-state index contributed by atoms with van der Waals surface area (Å²) in [7, 11) is 0. The molecule has 0 aromatic carbocycles. The van der Waals surface area contributed by atoms with Gasteiger partial charge in [-0.05, 0) is 25.5 Å². The second kappa shape index (κ2) is 13.1. The van der Waals surface area contributed by atoms with E-state index in [1.807, 2.05) is 0 Å². The van der Waals surface area contributed by atoms with Gasteiger partial charge >= 0.3 is 16.5 Å². The van der Waals surface area contributed by atoms with Gasteiger partial charge in [0.15, 0.2) is 0 Å². The Balaban J connectivity index is -0.000000214. The number of aliphatic imine (C=N–C) groups is 1. The average molecular weight is 296 g/mol. The molecule has 0 amide bonds. The summed E-state index contributed by atoms with van der Waals surface area (Å²) in [6.45, 7) is 5.57. The number of hydrogen-bond acceptors (Lipinski definition) is 6. The second-order valence-corrected chi connectivity index (χ2v) is 2.62. The van der Waals surface area contributed by atoms with Gasteiger partial charge in [0.2, 0.25) is 6.08 Å². The Labute approximate surface area is 114 Å². The third kappa shape index (κ3) is 19.6. The number of isocyanates is 1. The van der Waals surface area contributed by atoms with Gasteiger partial charge in [0.05, 0.1) is 5.70 Å². The average Bonchev–Trinajstić information content (AvgIpc) is 2.50. The van der Waals surface area contributed by atoms with Gasteiger partial charge in [-0.15, -0.1) is 0 Å². The van der Waals surface area contributed by atoms with Crippen LogP contribution in [0.25, 0.3) is 0 Å². The standard InChI is InChI=1S/C7H5NO.2C2H4O2.Ni/c1-6-3-2-4-7(6)8-5-9;2*1-2(3)4;/h2-4H,1H2;2*1H3,(H,3,4);/q;;;+2/p-2. The molecule has 0 spiro atoms. The van der Waals surface area contributed by atoms with E-state index in [0.29, 0.717) is 5.70 Å². The van der Waals surface area contributed by atoms with Crippen molar-refractivity contribution in [3.63, 3.8) is 0 Å². The fraction of sp³-hybridized carbons (Fsp3) is 0.182. The van der Waals surface area contributed by atoms with Crippen LogP contribution in [0.5, 0.6) is 0 Å². The van der Waals surface area contributed by atoms with Crippen LogP contribution in [0.1, 0.15) is 13.8 Å². The molecule has 0 saturated heterocycles. The molecule has 0 saturated carbocycles. The Morgan fingerprint density at radius 3 is 1.89 bits per heavy atom. The van der Waals surface area contributed by atoms with E-state index in [0.717, 1.165) is 19.4 Å². The summed E-state index contributed by atoms with van der Waals surface area (Å²) in [4.78, 5) is 30.9. The predicted molar refractivity (Wildman–Crippen MR) is 55.8 cm³/mol. The topological polar surface area (TPSA) is 110 Å². The summed E-state index contributed by atoms with van der Waals surface area (Å²) in [6.07, 6.45) is 6.74. The van der Waals surface area contributed by atoms with Gasteiger partial charge in [0.1, 0.15) is 0 Å². The van der Waals surface area contributed by atoms with Crippen LogP contribution in [0.15, 0.2) is 41.1 Å². The van der Waals surface area contributed by atoms with E-state index in [9.17, 15) is 4.79 Å². The molecule has 0 radical (unpaired) electrons. The van der Waals surface area contributed by atoms with Gasteiger partial charge in [-0.2, -0.15) is 4.99 Å². The van der Waals surface area contributed by atoms with E-state index in [1.54, 1.807) is 18.2 Å². The monoisotopic (exact) mass is 295 g/mol. The molecule has 0 unspecified atom stereocenters. The van der Waals surface area contributed by atoms with Crippen molar-refractivity contribution in [2.24, 2.45) is 4.99 Å². The fourth-order valence-corrected chi connectivity index (χ4v) is 0.606. The zero-order valence-electron chi connectivity index (χ0n) is 9.74. The van der Waals surface area contributed by atoms with Crippen LogP contribution in [0.3, 0.4) is 0 Å². The van der Waals surface area contributed by atoms with E-state index < -0.39 is 11.9 Å². The van der Waals surface area contributed by atoms with E-state index >= 15 is 0 Å². The Kier molecular flexibility index (Phi) is 15.5. The van der Waals surface area contributed by atoms with Gasteiger partial charge in [-0.25, -0.2) is 4.79 Å². The van der Waals surface area contributed by atoms with Crippen LogP contribution in [0.2, 0.25) is 0 Å². The van der Waals surface area contributed by atoms with Crippen LogP contribution in [0, 0.1) is 0 Å². The molecule has 1 rings (SSSR count). The smallest absolute Gasteiger partial charge is 0.550 e. The number of allylic oxidation sites excluding steroid dienone is 3. The minimum atomic E-state index is -1.08. The molecule has 0 atom stereocenters. The van der Waals surface area contributed by atoms with Crippen molar-refractivity contribution in [3.05, 3.63) is 36.1 Å². The first-order chi connectivity index (χ1) is 7.81. The van der Waals surface area contributed by atoms with Crippen LogP contribution in [-0.4, -0.2) is 18.0 Å². The predicted octanol–water partition coefficient (Wildman–Crippen LogP) is -1.16. The van der Waals surface area contributed by atoms with Crippen molar-refractivity contribution in [2.75, 3.05) is 0 Å². The van der Waals surface area contributed by atoms with Gasteiger partial charge in [-0.3, -0.25) is 0 Å². The van der Waals surface area contributed by atoms with Crippen molar-refractivity contribution in [1.29, 1.82) is 0 Å². The third-order valence-corrected chi connectivity index (χ3v) is 1.05. The number of carbonyl (C=O) groups excluding carboxylic acids is 3. The molecule has 6 nitrogen and oxygen atoms in total. The molecule has 7 heteroatoms. The van der Waals surface area contributed by atoms with E-state index in [1.165, 1.54) is 6.08 Å². The van der Waals surface area contributed by atoms with Crippen molar-refractivity contribution < 1.29 is 41.1 Å². The minimum Gasteiger partial charge on any atom is -0.550 e. The van der Waals surface area contributed by atoms with Gasteiger partial charge in [0.25, 0.3) is 0 Å². The summed E-state index contributed by atoms with van der Waals surface area (Å²) < 4.78 is 0. The summed E-state index contributed by atoms with van der Waals surface area (Å²) in [5.74, 6) is -2.17. The number of carboxylic acid groups (broad SMARTS) is 2. The molecule has 0 aromatic rings. The third-order valence-electron chi connectivity index (χ3n) is 1.05. The first-order valence-electron chi connectivity index (χ1n) is 4.32. The zero-order valence-corrected chi connectivity index (χ0v) is 10.7. The fourth-order valence-electron chi connectivity index (χ4n) is 0.606. The van der Waals surface area contributed by atoms with Crippen LogP contribution < -0.4 is 10.2 Å². The quantitative estimate of drug-likeness (QED) is 0.344. The van der Waals surface area contributed by atoms with Gasteiger partial charge < -0.3 is 19.8 Å². The van der Waals surface area contributed by atoms with Crippen molar-refractivity contribution in [3.8, 4) is 0 Å². The van der Waals surface area contributed by atoms with Gasteiger partial charge in [-0.1, -0.05) is 18.7 Å². The molecule has 0 fully saturated rings. The molecule has 1 aliphatic carbocycles. The molecule has 0 N–H and O–H groups in total. The SMILES string of the molecule is C=C1C=CC=C1N=C=O.CC(=O)[O-].CC(=O)[O-].[Ni+2]. The Bertz CT molecular complexity index is 386. The van der Waals surface area contributed by atoms with E-state index in [4.69, 9.17) is 19.8 Å². The Morgan fingerprint density at radius 2 is 1.67 bits per heavy atom. The molecule has 0 bridgehead atoms. The zero-order chi connectivity index (χ0) is 13.8. The second-order valence-electron chi connectivity index (χ2n) is 2.62. The Hall–Kier alpha value is -1.97. The number of rotatable bonds is 1. The van der Waals surface area contributed by atoms with Crippen molar-refractivity contribution >= 4 is 18.0 Å². The number of aliphatic carboxylic acids is 2. The molecule has 0 aromatic heterocycles. The van der Waals surface area contributed by atoms with Gasteiger partial charge in [0, 0.05) is 11.9 Å². The maximum absolute atomic E-state index is 9.70. The number of nitrogens with zero attached hydrogens (tertiary/aromatic N) is 1. The molecular formula is C11H11NNiO5. The minimum absolute atomic E-state index is 0. The molecule has 0 heterocycles. The number of hydrogen-bond donors (Lipinski definition) is 0. The maximum Gasteiger partial charge on any atom is 2.00 e. The van der Waals surface area contributed by atoms with Crippen molar-refractivity contribution in [2.45, 2.75) is 13.8 Å². The number of carbonyl (C=O) groups is 2. The molecule has 100 valence electrons. The van der Waals surface area contributed by atoms with Crippen LogP contribution in [0.4, 0.5) is 0 Å². The largest absolute Gasteiger partial charge is 2.00 e. The molecule has 1 aliphatic rings. The first kappa shape index (κ1) is 21.3. The summed E-state index contributed by atoms with van der Waals surface area (Å²) in [6, 6.07) is 0. The summed E-state index contributed by atoms with van der Waals surface area (Å²) >= 11 is 0. The summed E-state index contributed by atoms with van der Waals surface area (Å²) in [5, 5.41) is 17.8. The molecular weight excluding hydrogens is 285 g/mol. The van der Waals surface area contributed by atoms with E-state index in [-0.39, 0.29) is 16.5 Å². The van der Waals surface area contributed by atoms with Crippen molar-refractivity contribution in [1.82, 2.24) is 0 Å². The normalized spacial score (nSPS) is 10.3. The summed E-state index contributed by atoms with van der Waals surface area (Å²) in [5.41, 5.74) is 1.36. The van der Waals surface area contributed by atoms with Crippen LogP contribution >= 0.6 is 0 Å². The Morgan fingerprint density at radius 1 is 1.28 bits per heavy atom.